The van der Waals surface area contributed by atoms with Gasteiger partial charge < -0.3 is 10.4 Å². The van der Waals surface area contributed by atoms with Crippen molar-refractivity contribution in [3.63, 3.8) is 0 Å². The Morgan fingerprint density at radius 3 is 2.50 bits per heavy atom. The number of nitrogens with one attached hydrogen (secondary N) is 1. The SMILES string of the molecule is CC(CO)(Nc1cccc([N+](=O)[O-])c1)c1ccccc1. The molecule has 1 atom stereocenters. The van der Waals surface area contributed by atoms with Crippen LogP contribution in [0, 0.1) is 10.1 Å². The molecule has 5 nitrogen and oxygen atoms in total. The summed E-state index contributed by atoms with van der Waals surface area (Å²) in [4.78, 5) is 10.3. The summed E-state index contributed by atoms with van der Waals surface area (Å²) < 4.78 is 0. The maximum Gasteiger partial charge on any atom is 0.271 e. The predicted molar refractivity (Wildman–Crippen MR) is 77.6 cm³/mol. The lowest BCUT2D eigenvalue weighted by molar-refractivity contribution is -0.384. The van der Waals surface area contributed by atoms with Gasteiger partial charge in [-0.25, -0.2) is 0 Å². The van der Waals surface area contributed by atoms with Gasteiger partial charge in [0.25, 0.3) is 5.69 Å². The molecule has 0 radical (unpaired) electrons. The molecule has 0 saturated heterocycles. The standard InChI is InChI=1S/C15H16N2O3/c1-15(11-18,12-6-3-2-4-7-12)16-13-8-5-9-14(10-13)17(19)20/h2-10,16,18H,11H2,1H3. The Hall–Kier alpha value is -2.40. The quantitative estimate of drug-likeness (QED) is 0.648. The highest BCUT2D eigenvalue weighted by Gasteiger charge is 2.25. The number of aliphatic hydroxyl groups excluding tert-OH is 1. The Kier molecular flexibility index (Phi) is 4.00. The fourth-order valence-corrected chi connectivity index (χ4v) is 2.02. The lowest BCUT2D eigenvalue weighted by Crippen LogP contribution is -2.35. The maximum absolute atomic E-state index is 10.8. The second-order valence-electron chi connectivity index (χ2n) is 4.79. The number of hydrogen-bond donors (Lipinski definition) is 2. The average molecular weight is 272 g/mol. The van der Waals surface area contributed by atoms with Crippen LogP contribution in [0.25, 0.3) is 0 Å². The summed E-state index contributed by atoms with van der Waals surface area (Å²) in [7, 11) is 0. The van der Waals surface area contributed by atoms with Crippen molar-refractivity contribution in [1.29, 1.82) is 0 Å². The van der Waals surface area contributed by atoms with Gasteiger partial charge in [-0.2, -0.15) is 0 Å². The third-order valence-corrected chi connectivity index (χ3v) is 3.20. The molecule has 5 heteroatoms. The highest BCUT2D eigenvalue weighted by atomic mass is 16.6. The summed E-state index contributed by atoms with van der Waals surface area (Å²) in [5.41, 5.74) is 0.827. The van der Waals surface area contributed by atoms with E-state index in [0.29, 0.717) is 5.69 Å². The average Bonchev–Trinajstić information content (AvgIpc) is 2.48. The number of nitro groups is 1. The van der Waals surface area contributed by atoms with E-state index in [-0.39, 0.29) is 12.3 Å². The molecule has 2 aromatic carbocycles. The van der Waals surface area contributed by atoms with Gasteiger partial charge >= 0.3 is 0 Å². The predicted octanol–water partition coefficient (Wildman–Crippen LogP) is 2.91. The molecule has 0 fully saturated rings. The molecule has 2 N–H and O–H groups in total. The molecule has 20 heavy (non-hydrogen) atoms. The minimum absolute atomic E-state index is 0.0170. The molecule has 0 aliphatic rings. The second kappa shape index (κ2) is 5.71. The van der Waals surface area contributed by atoms with Crippen LogP contribution in [0.1, 0.15) is 12.5 Å². The first kappa shape index (κ1) is 14.0. The normalized spacial score (nSPS) is 13.5. The summed E-state index contributed by atoms with van der Waals surface area (Å²) in [6.07, 6.45) is 0. The molecular formula is C15H16N2O3. The van der Waals surface area contributed by atoms with Crippen LogP contribution in [0.2, 0.25) is 0 Å². The smallest absolute Gasteiger partial charge is 0.271 e. The molecule has 2 rings (SSSR count). The number of rotatable bonds is 5. The Labute approximate surface area is 117 Å². The Bertz CT molecular complexity index is 601. The van der Waals surface area contributed by atoms with Crippen LogP contribution < -0.4 is 5.32 Å². The van der Waals surface area contributed by atoms with Crippen molar-refractivity contribution in [2.24, 2.45) is 0 Å². The van der Waals surface area contributed by atoms with E-state index in [0.717, 1.165) is 5.56 Å². The van der Waals surface area contributed by atoms with Gasteiger partial charge in [-0.3, -0.25) is 10.1 Å². The fourth-order valence-electron chi connectivity index (χ4n) is 2.02. The van der Waals surface area contributed by atoms with E-state index in [9.17, 15) is 15.2 Å². The largest absolute Gasteiger partial charge is 0.394 e. The van der Waals surface area contributed by atoms with Crippen molar-refractivity contribution in [3.05, 3.63) is 70.3 Å². The summed E-state index contributed by atoms with van der Waals surface area (Å²) in [6.45, 7) is 1.72. The summed E-state index contributed by atoms with van der Waals surface area (Å²) in [5.74, 6) is 0. The number of nitrogens with zero attached hydrogens (tertiary/aromatic N) is 1. The van der Waals surface area contributed by atoms with E-state index in [1.165, 1.54) is 12.1 Å². The number of anilines is 1. The van der Waals surface area contributed by atoms with Crippen LogP contribution in [-0.4, -0.2) is 16.6 Å². The van der Waals surface area contributed by atoms with Crippen LogP contribution in [0.5, 0.6) is 0 Å². The van der Waals surface area contributed by atoms with Crippen LogP contribution >= 0.6 is 0 Å². The first-order chi connectivity index (χ1) is 9.55. The van der Waals surface area contributed by atoms with E-state index in [4.69, 9.17) is 0 Å². The molecular weight excluding hydrogens is 256 g/mol. The molecule has 0 spiro atoms. The van der Waals surface area contributed by atoms with Crippen molar-refractivity contribution >= 4 is 11.4 Å². The molecule has 104 valence electrons. The molecule has 0 aromatic heterocycles. The topological polar surface area (TPSA) is 75.4 Å². The highest BCUT2D eigenvalue weighted by Crippen LogP contribution is 2.27. The van der Waals surface area contributed by atoms with Gasteiger partial charge in [-0.1, -0.05) is 36.4 Å². The Morgan fingerprint density at radius 1 is 1.20 bits per heavy atom. The monoisotopic (exact) mass is 272 g/mol. The molecule has 0 amide bonds. The van der Waals surface area contributed by atoms with Gasteiger partial charge in [0.05, 0.1) is 17.1 Å². The molecule has 0 saturated carbocycles. The molecule has 2 aromatic rings. The van der Waals surface area contributed by atoms with Crippen molar-refractivity contribution in [3.8, 4) is 0 Å². The Balaban J connectivity index is 2.31. The van der Waals surface area contributed by atoms with E-state index >= 15 is 0 Å². The minimum atomic E-state index is -0.698. The fraction of sp³-hybridized carbons (Fsp3) is 0.200. The molecule has 0 heterocycles. The second-order valence-corrected chi connectivity index (χ2v) is 4.79. The number of non-ortho nitro benzene ring substituents is 1. The van der Waals surface area contributed by atoms with Gasteiger partial charge in [0, 0.05) is 17.8 Å². The van der Waals surface area contributed by atoms with Gasteiger partial charge in [-0.05, 0) is 18.6 Å². The van der Waals surface area contributed by atoms with E-state index < -0.39 is 10.5 Å². The van der Waals surface area contributed by atoms with Crippen LogP contribution in [0.4, 0.5) is 11.4 Å². The third kappa shape index (κ3) is 2.95. The molecule has 0 aliphatic heterocycles. The van der Waals surface area contributed by atoms with Crippen LogP contribution in [0.3, 0.4) is 0 Å². The highest BCUT2D eigenvalue weighted by molar-refractivity contribution is 5.53. The zero-order valence-corrected chi connectivity index (χ0v) is 11.1. The van der Waals surface area contributed by atoms with Crippen LogP contribution in [0.15, 0.2) is 54.6 Å². The lowest BCUT2D eigenvalue weighted by Gasteiger charge is -2.30. The van der Waals surface area contributed by atoms with E-state index in [1.807, 2.05) is 37.3 Å². The zero-order valence-electron chi connectivity index (χ0n) is 11.1. The number of hydrogen-bond acceptors (Lipinski definition) is 4. The summed E-state index contributed by atoms with van der Waals surface area (Å²) in [6, 6.07) is 15.7. The maximum atomic E-state index is 10.8. The number of aliphatic hydroxyl groups is 1. The summed E-state index contributed by atoms with van der Waals surface area (Å²) >= 11 is 0. The minimum Gasteiger partial charge on any atom is -0.394 e. The van der Waals surface area contributed by atoms with Gasteiger partial charge in [0.2, 0.25) is 0 Å². The van der Waals surface area contributed by atoms with E-state index in [1.54, 1.807) is 12.1 Å². The van der Waals surface area contributed by atoms with Gasteiger partial charge in [-0.15, -0.1) is 0 Å². The first-order valence-corrected chi connectivity index (χ1v) is 6.24. The summed E-state index contributed by atoms with van der Waals surface area (Å²) in [5, 5.41) is 23.6. The Morgan fingerprint density at radius 2 is 1.90 bits per heavy atom. The first-order valence-electron chi connectivity index (χ1n) is 6.24. The van der Waals surface area contributed by atoms with Crippen LogP contribution in [-0.2, 0) is 5.54 Å². The molecule has 0 aliphatic carbocycles. The molecule has 1 unspecified atom stereocenters. The van der Waals surface area contributed by atoms with Crippen molar-refractivity contribution < 1.29 is 10.0 Å². The zero-order chi connectivity index (χ0) is 14.6. The number of nitro benzene ring substituents is 1. The third-order valence-electron chi connectivity index (χ3n) is 3.20. The van der Waals surface area contributed by atoms with Crippen molar-refractivity contribution in [1.82, 2.24) is 0 Å². The lowest BCUT2D eigenvalue weighted by atomic mass is 9.92. The van der Waals surface area contributed by atoms with E-state index in [2.05, 4.69) is 5.32 Å². The van der Waals surface area contributed by atoms with Gasteiger partial charge in [0.1, 0.15) is 0 Å². The number of benzene rings is 2. The van der Waals surface area contributed by atoms with Crippen molar-refractivity contribution in [2.75, 3.05) is 11.9 Å². The van der Waals surface area contributed by atoms with Gasteiger partial charge in [0.15, 0.2) is 0 Å². The molecule has 0 bridgehead atoms. The van der Waals surface area contributed by atoms with Crippen molar-refractivity contribution in [2.45, 2.75) is 12.5 Å².